The number of hydrogen-bond acceptors (Lipinski definition) is 7. The molecule has 0 N–H and O–H groups in total. The van der Waals surface area contributed by atoms with Gasteiger partial charge in [0.25, 0.3) is 0 Å². The Morgan fingerprint density at radius 1 is 0.422 bits per heavy atom. The van der Waals surface area contributed by atoms with Crippen LogP contribution < -0.4 is 9.64 Å². The highest BCUT2D eigenvalue weighted by molar-refractivity contribution is 6.13. The second-order valence-electron chi connectivity index (χ2n) is 16.3. The number of furan rings is 2. The monoisotopic (exact) mass is 824 g/mol. The minimum absolute atomic E-state index is 0.0136. The van der Waals surface area contributed by atoms with E-state index in [9.17, 15) is 0 Å². The van der Waals surface area contributed by atoms with Crippen molar-refractivity contribution in [2.24, 2.45) is 0 Å². The Morgan fingerprint density at radius 3 is 1.86 bits per heavy atom. The first-order valence-electron chi connectivity index (χ1n) is 21.5. The molecule has 302 valence electrons. The minimum atomic E-state index is -0.165. The molecule has 1 aliphatic heterocycles. The van der Waals surface area contributed by atoms with Gasteiger partial charge in [0.1, 0.15) is 34.2 Å². The van der Waals surface area contributed by atoms with Crippen LogP contribution in [0.1, 0.15) is 0 Å². The van der Waals surface area contributed by atoms with Crippen LogP contribution in [0.25, 0.3) is 100 Å². The Morgan fingerprint density at radius 2 is 1.05 bits per heavy atom. The topological polar surface area (TPSA) is 77.4 Å². The lowest BCUT2D eigenvalue weighted by Crippen LogP contribution is -2.46. The molecule has 0 saturated heterocycles. The molecule has 11 aromatic rings. The van der Waals surface area contributed by atoms with Crippen molar-refractivity contribution in [1.82, 2.24) is 15.0 Å². The lowest BCUT2D eigenvalue weighted by molar-refractivity contribution is 0.218. The average Bonchev–Trinajstić information content (AvgIpc) is 3.94. The van der Waals surface area contributed by atoms with Crippen LogP contribution in [0.2, 0.25) is 0 Å². The number of allylic oxidation sites excluding steroid dienone is 2. The third kappa shape index (κ3) is 5.93. The molecular weight excluding hydrogens is 789 g/mol. The second-order valence-corrected chi connectivity index (χ2v) is 16.3. The van der Waals surface area contributed by atoms with Gasteiger partial charge in [-0.15, -0.1) is 0 Å². The summed E-state index contributed by atoms with van der Waals surface area (Å²) in [7, 11) is 0. The summed E-state index contributed by atoms with van der Waals surface area (Å²) in [5.74, 6) is 2.62. The molecule has 4 heterocycles. The van der Waals surface area contributed by atoms with Crippen molar-refractivity contribution in [3.8, 4) is 62.2 Å². The molecule has 2 unspecified atom stereocenters. The third-order valence-corrected chi connectivity index (χ3v) is 12.5. The second kappa shape index (κ2) is 14.5. The molecule has 2 atom stereocenters. The molecule has 0 saturated carbocycles. The van der Waals surface area contributed by atoms with Gasteiger partial charge in [0, 0.05) is 49.5 Å². The lowest BCUT2D eigenvalue weighted by Gasteiger charge is -2.42. The number of para-hydroxylation sites is 2. The normalized spacial score (nSPS) is 15.5. The first kappa shape index (κ1) is 36.1. The fourth-order valence-electron chi connectivity index (χ4n) is 9.42. The Kier molecular flexibility index (Phi) is 8.21. The molecule has 7 heteroatoms. The quantitative estimate of drug-likeness (QED) is 0.165. The highest BCUT2D eigenvalue weighted by atomic mass is 16.5. The first-order valence-corrected chi connectivity index (χ1v) is 21.5. The number of fused-ring (bicyclic) bond motifs is 8. The molecule has 0 fully saturated rings. The zero-order chi connectivity index (χ0) is 42.1. The lowest BCUT2D eigenvalue weighted by atomic mass is 9.96. The van der Waals surface area contributed by atoms with E-state index in [4.69, 9.17) is 28.5 Å². The van der Waals surface area contributed by atoms with Crippen molar-refractivity contribution in [3.05, 3.63) is 206 Å². The van der Waals surface area contributed by atoms with Crippen LogP contribution in [-0.2, 0) is 0 Å². The summed E-state index contributed by atoms with van der Waals surface area (Å²) in [5.41, 5.74) is 12.4. The van der Waals surface area contributed by atoms with Crippen molar-refractivity contribution in [1.29, 1.82) is 0 Å². The standard InChI is InChI=1S/C57H36N4O3/c1-3-13-36(14-4-1)55-58-56(37-15-5-2-6-16-37)60-57(59-55)44-20-12-24-51-53(44)45-33-38(28-32-49(45)62-51)39-27-31-47-52(34-39)63-50-23-10-8-21-46(50)61(47)40-29-25-35(26-30-40)41-18-11-19-43-42-17-7-9-22-48(42)64-54(41)43/h1-34,46,50H. The highest BCUT2D eigenvalue weighted by Crippen LogP contribution is 2.46. The number of aromatic nitrogens is 3. The van der Waals surface area contributed by atoms with Gasteiger partial charge in [-0.2, -0.15) is 0 Å². The van der Waals surface area contributed by atoms with Gasteiger partial charge < -0.3 is 18.5 Å². The summed E-state index contributed by atoms with van der Waals surface area (Å²) in [6.07, 6.45) is 8.37. The van der Waals surface area contributed by atoms with Crippen molar-refractivity contribution in [3.63, 3.8) is 0 Å². The molecule has 0 amide bonds. The summed E-state index contributed by atoms with van der Waals surface area (Å²) >= 11 is 0. The summed E-state index contributed by atoms with van der Waals surface area (Å²) in [4.78, 5) is 17.5. The van der Waals surface area contributed by atoms with E-state index in [1.165, 1.54) is 0 Å². The zero-order valence-corrected chi connectivity index (χ0v) is 34.3. The molecule has 0 radical (unpaired) electrons. The minimum Gasteiger partial charge on any atom is -0.482 e. The maximum Gasteiger partial charge on any atom is 0.164 e. The predicted molar refractivity (Wildman–Crippen MR) is 257 cm³/mol. The van der Waals surface area contributed by atoms with E-state index in [0.29, 0.717) is 17.5 Å². The first-order chi connectivity index (χ1) is 31.7. The van der Waals surface area contributed by atoms with Gasteiger partial charge in [0.15, 0.2) is 17.5 Å². The van der Waals surface area contributed by atoms with E-state index in [2.05, 4.69) is 126 Å². The van der Waals surface area contributed by atoms with Gasteiger partial charge in [-0.25, -0.2) is 15.0 Å². The van der Waals surface area contributed by atoms with Crippen molar-refractivity contribution in [2.45, 2.75) is 12.1 Å². The van der Waals surface area contributed by atoms with Crippen molar-refractivity contribution < 1.29 is 13.6 Å². The van der Waals surface area contributed by atoms with E-state index in [-0.39, 0.29) is 12.1 Å². The van der Waals surface area contributed by atoms with Crippen LogP contribution in [0.15, 0.2) is 215 Å². The molecule has 0 bridgehead atoms. The number of benzene rings is 8. The Hall–Kier alpha value is -8.55. The van der Waals surface area contributed by atoms with Crippen LogP contribution in [0.4, 0.5) is 11.4 Å². The average molecular weight is 825 g/mol. The maximum absolute atomic E-state index is 6.80. The van der Waals surface area contributed by atoms with Crippen LogP contribution in [-0.4, -0.2) is 27.1 Å². The van der Waals surface area contributed by atoms with E-state index in [1.807, 2.05) is 84.9 Å². The third-order valence-electron chi connectivity index (χ3n) is 12.5. The van der Waals surface area contributed by atoms with E-state index < -0.39 is 0 Å². The number of nitrogens with zero attached hydrogens (tertiary/aromatic N) is 4. The SMILES string of the molecule is C1=CC2Oc3cc(-c4ccc5oc6cccc(-c7nc(-c8ccccc8)nc(-c8ccccc8)n7)c6c5c4)ccc3N(c3ccc(-c4cccc5c4oc4ccccc45)cc3)C2C=C1. The van der Waals surface area contributed by atoms with Gasteiger partial charge in [0.05, 0.1) is 11.7 Å². The van der Waals surface area contributed by atoms with Crippen LogP contribution in [0.3, 0.4) is 0 Å². The molecular formula is C57H36N4O3. The van der Waals surface area contributed by atoms with E-state index in [0.717, 1.165) is 99.9 Å². The molecule has 64 heavy (non-hydrogen) atoms. The Bertz CT molecular complexity index is 3610. The largest absolute Gasteiger partial charge is 0.482 e. The van der Waals surface area contributed by atoms with Gasteiger partial charge in [-0.1, -0.05) is 152 Å². The Balaban J connectivity index is 0.892. The van der Waals surface area contributed by atoms with Gasteiger partial charge in [0.2, 0.25) is 0 Å². The van der Waals surface area contributed by atoms with Gasteiger partial charge >= 0.3 is 0 Å². The molecule has 13 rings (SSSR count). The molecule has 3 aromatic heterocycles. The van der Waals surface area contributed by atoms with Crippen LogP contribution in [0, 0.1) is 0 Å². The highest BCUT2D eigenvalue weighted by Gasteiger charge is 2.35. The van der Waals surface area contributed by atoms with E-state index >= 15 is 0 Å². The van der Waals surface area contributed by atoms with Crippen LogP contribution >= 0.6 is 0 Å². The van der Waals surface area contributed by atoms with E-state index in [1.54, 1.807) is 0 Å². The summed E-state index contributed by atoms with van der Waals surface area (Å²) in [5, 5.41) is 4.17. The zero-order valence-electron chi connectivity index (χ0n) is 34.3. The smallest absolute Gasteiger partial charge is 0.164 e. The number of hydrogen-bond donors (Lipinski definition) is 0. The summed E-state index contributed by atoms with van der Waals surface area (Å²) in [6, 6.07) is 62.5. The fraction of sp³-hybridized carbons (Fsp3) is 0.0351. The molecule has 8 aromatic carbocycles. The predicted octanol–water partition coefficient (Wildman–Crippen LogP) is 14.4. The molecule has 7 nitrogen and oxygen atoms in total. The van der Waals surface area contributed by atoms with Crippen molar-refractivity contribution in [2.75, 3.05) is 4.90 Å². The van der Waals surface area contributed by atoms with Gasteiger partial charge in [-0.3, -0.25) is 0 Å². The number of ether oxygens (including phenoxy) is 1. The van der Waals surface area contributed by atoms with Crippen LogP contribution in [0.5, 0.6) is 5.75 Å². The van der Waals surface area contributed by atoms with Crippen molar-refractivity contribution >= 4 is 55.3 Å². The molecule has 0 spiro atoms. The number of rotatable bonds is 6. The van der Waals surface area contributed by atoms with Gasteiger partial charge in [-0.05, 0) is 71.3 Å². The maximum atomic E-state index is 6.80. The summed E-state index contributed by atoms with van der Waals surface area (Å²) < 4.78 is 19.7. The Labute approximate surface area is 367 Å². The fourth-order valence-corrected chi connectivity index (χ4v) is 9.42. The summed E-state index contributed by atoms with van der Waals surface area (Å²) in [6.45, 7) is 0. The molecule has 2 aliphatic rings. The molecule has 1 aliphatic carbocycles. The number of anilines is 2.